The number of carbonyl (C=O) groups excluding carboxylic acids is 1. The topological polar surface area (TPSA) is 75.1 Å². The number of benzene rings is 1. The molecule has 5 nitrogen and oxygen atoms in total. The van der Waals surface area contributed by atoms with E-state index in [4.69, 9.17) is 28.3 Å². The first-order valence-electron chi connectivity index (χ1n) is 5.30. The minimum atomic E-state index is -0.302. The van der Waals surface area contributed by atoms with Crippen molar-refractivity contribution in [3.05, 3.63) is 46.5 Å². The Kier molecular flexibility index (Phi) is 4.19. The molecule has 19 heavy (non-hydrogen) atoms. The molecule has 1 heterocycles. The maximum atomic E-state index is 11.8. The van der Waals surface area contributed by atoms with Crippen molar-refractivity contribution in [1.29, 1.82) is 0 Å². The number of hydrogen-bond acceptors (Lipinski definition) is 4. The van der Waals surface area contributed by atoms with Gasteiger partial charge in [-0.05, 0) is 17.7 Å². The predicted octanol–water partition coefficient (Wildman–Crippen LogP) is 2.67. The molecule has 0 saturated heterocycles. The van der Waals surface area contributed by atoms with Crippen LogP contribution in [0.4, 0.5) is 5.69 Å². The SMILES string of the molecule is O=C(Cc1ccc(O)cc1)Nc1c(Cl)ncnc1Cl. The smallest absolute Gasteiger partial charge is 0.228 e. The van der Waals surface area contributed by atoms with Crippen molar-refractivity contribution in [2.24, 2.45) is 0 Å². The summed E-state index contributed by atoms with van der Waals surface area (Å²) in [7, 11) is 0. The van der Waals surface area contributed by atoms with E-state index < -0.39 is 0 Å². The van der Waals surface area contributed by atoms with Gasteiger partial charge in [0.05, 0.1) is 6.42 Å². The summed E-state index contributed by atoms with van der Waals surface area (Å²) in [5.74, 6) is -0.156. The largest absolute Gasteiger partial charge is 0.508 e. The Labute approximate surface area is 119 Å². The molecular weight excluding hydrogens is 289 g/mol. The van der Waals surface area contributed by atoms with Crippen LogP contribution >= 0.6 is 23.2 Å². The number of aromatic hydroxyl groups is 1. The first-order valence-corrected chi connectivity index (χ1v) is 6.05. The van der Waals surface area contributed by atoms with Gasteiger partial charge in [0.15, 0.2) is 10.3 Å². The molecule has 0 aliphatic carbocycles. The Bertz CT molecular complexity index is 582. The van der Waals surface area contributed by atoms with Crippen molar-refractivity contribution < 1.29 is 9.90 Å². The zero-order valence-corrected chi connectivity index (χ0v) is 11.1. The molecule has 0 aliphatic rings. The van der Waals surface area contributed by atoms with Crippen LogP contribution in [0.15, 0.2) is 30.6 Å². The van der Waals surface area contributed by atoms with Crippen molar-refractivity contribution in [3.8, 4) is 5.75 Å². The summed E-state index contributed by atoms with van der Waals surface area (Å²) in [6.07, 6.45) is 1.34. The van der Waals surface area contributed by atoms with E-state index in [9.17, 15) is 4.79 Å². The highest BCUT2D eigenvalue weighted by atomic mass is 35.5. The third-order valence-electron chi connectivity index (χ3n) is 2.32. The molecule has 0 unspecified atom stereocenters. The fraction of sp³-hybridized carbons (Fsp3) is 0.0833. The highest BCUT2D eigenvalue weighted by Crippen LogP contribution is 2.25. The van der Waals surface area contributed by atoms with E-state index in [0.29, 0.717) is 0 Å². The summed E-state index contributed by atoms with van der Waals surface area (Å²) < 4.78 is 0. The number of carbonyl (C=O) groups is 1. The second-order valence-electron chi connectivity index (χ2n) is 3.72. The average molecular weight is 298 g/mol. The normalized spacial score (nSPS) is 10.2. The molecule has 1 aromatic heterocycles. The van der Waals surface area contributed by atoms with Gasteiger partial charge in [-0.2, -0.15) is 0 Å². The molecule has 98 valence electrons. The number of rotatable bonds is 3. The summed E-state index contributed by atoms with van der Waals surface area (Å²) in [4.78, 5) is 19.3. The molecule has 0 bridgehead atoms. The molecule has 0 fully saturated rings. The van der Waals surface area contributed by atoms with Gasteiger partial charge in [-0.3, -0.25) is 4.79 Å². The van der Waals surface area contributed by atoms with Crippen LogP contribution in [0.5, 0.6) is 5.75 Å². The molecule has 2 N–H and O–H groups in total. The predicted molar refractivity (Wildman–Crippen MR) is 72.5 cm³/mol. The van der Waals surface area contributed by atoms with E-state index in [1.807, 2.05) is 0 Å². The van der Waals surface area contributed by atoms with Gasteiger partial charge >= 0.3 is 0 Å². The van der Waals surface area contributed by atoms with Gasteiger partial charge in [-0.25, -0.2) is 9.97 Å². The Balaban J connectivity index is 2.07. The van der Waals surface area contributed by atoms with Crippen LogP contribution in [0.25, 0.3) is 0 Å². The maximum absolute atomic E-state index is 11.8. The number of phenols is 1. The fourth-order valence-corrected chi connectivity index (χ4v) is 1.84. The second kappa shape index (κ2) is 5.86. The van der Waals surface area contributed by atoms with Crippen LogP contribution in [-0.4, -0.2) is 21.0 Å². The molecule has 2 rings (SSSR count). The van der Waals surface area contributed by atoms with Crippen molar-refractivity contribution >= 4 is 34.8 Å². The Hall–Kier alpha value is -1.85. The van der Waals surface area contributed by atoms with Crippen LogP contribution in [0.1, 0.15) is 5.56 Å². The second-order valence-corrected chi connectivity index (χ2v) is 4.44. The number of nitrogens with one attached hydrogen (secondary N) is 1. The lowest BCUT2D eigenvalue weighted by atomic mass is 10.1. The van der Waals surface area contributed by atoms with Crippen molar-refractivity contribution in [1.82, 2.24) is 9.97 Å². The number of amides is 1. The van der Waals surface area contributed by atoms with Gasteiger partial charge in [0, 0.05) is 0 Å². The molecule has 1 aromatic carbocycles. The van der Waals surface area contributed by atoms with Crippen LogP contribution < -0.4 is 5.32 Å². The van der Waals surface area contributed by atoms with Gasteiger partial charge < -0.3 is 10.4 Å². The van der Waals surface area contributed by atoms with Gasteiger partial charge in [0.25, 0.3) is 0 Å². The van der Waals surface area contributed by atoms with E-state index in [2.05, 4.69) is 15.3 Å². The summed E-state index contributed by atoms with van der Waals surface area (Å²) in [6, 6.07) is 6.32. The minimum Gasteiger partial charge on any atom is -0.508 e. The minimum absolute atomic E-state index is 0.0825. The number of halogens is 2. The number of hydrogen-bond donors (Lipinski definition) is 2. The maximum Gasteiger partial charge on any atom is 0.228 e. The van der Waals surface area contributed by atoms with E-state index in [-0.39, 0.29) is 34.1 Å². The molecule has 7 heteroatoms. The van der Waals surface area contributed by atoms with Gasteiger partial charge in [0.1, 0.15) is 17.8 Å². The highest BCUT2D eigenvalue weighted by Gasteiger charge is 2.12. The zero-order valence-electron chi connectivity index (χ0n) is 9.60. The third-order valence-corrected chi connectivity index (χ3v) is 2.89. The summed E-state index contributed by atoms with van der Waals surface area (Å²) in [5, 5.41) is 11.9. The lowest BCUT2D eigenvalue weighted by molar-refractivity contribution is -0.115. The van der Waals surface area contributed by atoms with Gasteiger partial charge in [-0.15, -0.1) is 0 Å². The van der Waals surface area contributed by atoms with Crippen molar-refractivity contribution in [2.75, 3.05) is 5.32 Å². The lowest BCUT2D eigenvalue weighted by Gasteiger charge is -2.07. The third kappa shape index (κ3) is 3.56. The summed E-state index contributed by atoms with van der Waals surface area (Å²) >= 11 is 11.6. The van der Waals surface area contributed by atoms with Gasteiger partial charge in [0.2, 0.25) is 5.91 Å². The van der Waals surface area contributed by atoms with Crippen LogP contribution in [0, 0.1) is 0 Å². The summed E-state index contributed by atoms with van der Waals surface area (Å²) in [6.45, 7) is 0. The first kappa shape index (κ1) is 13.6. The van der Waals surface area contributed by atoms with Crippen LogP contribution in [-0.2, 0) is 11.2 Å². The monoisotopic (exact) mass is 297 g/mol. The Morgan fingerprint density at radius 3 is 2.32 bits per heavy atom. The highest BCUT2D eigenvalue weighted by molar-refractivity contribution is 6.38. The van der Waals surface area contributed by atoms with E-state index in [1.165, 1.54) is 18.5 Å². The average Bonchev–Trinajstić information content (AvgIpc) is 2.37. The Morgan fingerprint density at radius 2 is 1.74 bits per heavy atom. The number of phenolic OH excluding ortho intramolecular Hbond substituents is 1. The number of anilines is 1. The molecule has 1 amide bonds. The molecular formula is C12H9Cl2N3O2. The zero-order chi connectivity index (χ0) is 13.8. The fourth-order valence-electron chi connectivity index (χ4n) is 1.43. The molecule has 0 saturated carbocycles. The van der Waals surface area contributed by atoms with Crippen molar-refractivity contribution in [3.63, 3.8) is 0 Å². The first-order chi connectivity index (χ1) is 9.06. The van der Waals surface area contributed by atoms with E-state index >= 15 is 0 Å². The lowest BCUT2D eigenvalue weighted by Crippen LogP contribution is -2.15. The van der Waals surface area contributed by atoms with Crippen molar-refractivity contribution in [2.45, 2.75) is 6.42 Å². The molecule has 0 atom stereocenters. The number of nitrogens with zero attached hydrogens (tertiary/aromatic N) is 2. The van der Waals surface area contributed by atoms with Crippen LogP contribution in [0.2, 0.25) is 10.3 Å². The molecule has 0 aliphatic heterocycles. The summed E-state index contributed by atoms with van der Waals surface area (Å²) in [5.41, 5.74) is 0.939. The molecule has 2 aromatic rings. The molecule has 0 spiro atoms. The Morgan fingerprint density at radius 1 is 1.16 bits per heavy atom. The quantitative estimate of drug-likeness (QED) is 0.854. The number of aromatic nitrogens is 2. The van der Waals surface area contributed by atoms with E-state index in [0.717, 1.165) is 5.56 Å². The van der Waals surface area contributed by atoms with Crippen LogP contribution in [0.3, 0.4) is 0 Å². The van der Waals surface area contributed by atoms with E-state index in [1.54, 1.807) is 12.1 Å². The molecule has 0 radical (unpaired) electrons. The standard InChI is InChI=1S/C12H9Cl2N3O2/c13-11-10(12(14)16-6-15-11)17-9(19)5-7-1-3-8(18)4-2-7/h1-4,6,18H,5H2,(H,17,19). The van der Waals surface area contributed by atoms with Gasteiger partial charge in [-0.1, -0.05) is 35.3 Å².